The zero-order valence-electron chi connectivity index (χ0n) is 17.5. The monoisotopic (exact) mass is 431 g/mol. The first-order valence-corrected chi connectivity index (χ1v) is 11.5. The summed E-state index contributed by atoms with van der Waals surface area (Å²) in [6.07, 6.45) is 3.88. The number of carbonyl (C=O) groups is 1. The molecule has 1 saturated heterocycles. The maximum atomic E-state index is 12.7. The number of rotatable bonds is 5. The quantitative estimate of drug-likeness (QED) is 0.512. The van der Waals surface area contributed by atoms with E-state index in [0.29, 0.717) is 13.1 Å². The lowest BCUT2D eigenvalue weighted by atomic mass is 9.97. The van der Waals surface area contributed by atoms with Gasteiger partial charge < -0.3 is 10.2 Å². The highest BCUT2D eigenvalue weighted by Gasteiger charge is 2.27. The Morgan fingerprint density at radius 2 is 1.97 bits per heavy atom. The Kier molecular flexibility index (Phi) is 5.42. The van der Waals surface area contributed by atoms with E-state index in [1.165, 1.54) is 5.56 Å². The Hall–Kier alpha value is -3.19. The SMILES string of the molecule is Cc1ccc(-c2cn3nc(N4CCC[C@H](C(=O)NCc5ccccc5)C4)sc3n2)cc1. The van der Waals surface area contributed by atoms with Gasteiger partial charge in [0.2, 0.25) is 16.0 Å². The van der Waals surface area contributed by atoms with Crippen LogP contribution in [0.4, 0.5) is 5.13 Å². The van der Waals surface area contributed by atoms with Gasteiger partial charge in [-0.15, -0.1) is 5.10 Å². The van der Waals surface area contributed by atoms with E-state index < -0.39 is 0 Å². The second kappa shape index (κ2) is 8.51. The van der Waals surface area contributed by atoms with Gasteiger partial charge in [0.1, 0.15) is 0 Å². The third-order valence-electron chi connectivity index (χ3n) is 5.75. The normalized spacial score (nSPS) is 16.5. The molecule has 0 bridgehead atoms. The largest absolute Gasteiger partial charge is 0.352 e. The highest BCUT2D eigenvalue weighted by Crippen LogP contribution is 2.30. The number of carbonyl (C=O) groups excluding carboxylic acids is 1. The number of imidazole rings is 1. The van der Waals surface area contributed by atoms with Gasteiger partial charge >= 0.3 is 0 Å². The molecule has 1 aliphatic heterocycles. The molecule has 4 aromatic rings. The molecule has 6 nitrogen and oxygen atoms in total. The average molecular weight is 432 g/mol. The minimum atomic E-state index is -0.0168. The van der Waals surface area contributed by atoms with Gasteiger partial charge in [-0.3, -0.25) is 4.79 Å². The second-order valence-corrected chi connectivity index (χ2v) is 9.03. The summed E-state index contributed by atoms with van der Waals surface area (Å²) < 4.78 is 1.86. The minimum Gasteiger partial charge on any atom is -0.352 e. The molecular weight excluding hydrogens is 406 g/mol. The number of anilines is 1. The van der Waals surface area contributed by atoms with Crippen LogP contribution in [0.3, 0.4) is 0 Å². The van der Waals surface area contributed by atoms with E-state index in [4.69, 9.17) is 10.1 Å². The number of benzene rings is 2. The Morgan fingerprint density at radius 1 is 1.16 bits per heavy atom. The molecule has 1 N–H and O–H groups in total. The number of amides is 1. The predicted octanol–water partition coefficient (Wildman–Crippen LogP) is 4.30. The fourth-order valence-electron chi connectivity index (χ4n) is 3.98. The number of hydrogen-bond acceptors (Lipinski definition) is 5. The van der Waals surface area contributed by atoms with Gasteiger partial charge in [0.25, 0.3) is 0 Å². The van der Waals surface area contributed by atoms with E-state index in [9.17, 15) is 4.79 Å². The maximum Gasteiger partial charge on any atom is 0.225 e. The number of nitrogens with one attached hydrogen (secondary N) is 1. The Labute approximate surface area is 185 Å². The minimum absolute atomic E-state index is 0.0168. The number of hydrogen-bond donors (Lipinski definition) is 1. The van der Waals surface area contributed by atoms with E-state index >= 15 is 0 Å². The van der Waals surface area contributed by atoms with Gasteiger partial charge in [0, 0.05) is 25.2 Å². The first-order chi connectivity index (χ1) is 15.2. The van der Waals surface area contributed by atoms with Crippen LogP contribution in [0, 0.1) is 12.8 Å². The van der Waals surface area contributed by atoms with Crippen LogP contribution in [0.5, 0.6) is 0 Å². The molecule has 2 aromatic heterocycles. The molecular formula is C24H25N5OS. The van der Waals surface area contributed by atoms with Crippen molar-refractivity contribution in [3.63, 3.8) is 0 Å². The Morgan fingerprint density at radius 3 is 2.74 bits per heavy atom. The fraction of sp³-hybridized carbons (Fsp3) is 0.292. The van der Waals surface area contributed by atoms with E-state index in [1.54, 1.807) is 11.3 Å². The number of piperidine rings is 1. The predicted molar refractivity (Wildman–Crippen MR) is 124 cm³/mol. The molecule has 0 aliphatic carbocycles. The smallest absolute Gasteiger partial charge is 0.225 e. The van der Waals surface area contributed by atoms with Crippen LogP contribution in [0.1, 0.15) is 24.0 Å². The second-order valence-electron chi connectivity index (χ2n) is 8.09. The van der Waals surface area contributed by atoms with Crippen molar-refractivity contribution in [3.05, 3.63) is 71.9 Å². The zero-order valence-corrected chi connectivity index (χ0v) is 18.3. The van der Waals surface area contributed by atoms with Gasteiger partial charge in [0.15, 0.2) is 0 Å². The summed E-state index contributed by atoms with van der Waals surface area (Å²) in [4.78, 5) is 20.6. The van der Waals surface area contributed by atoms with E-state index in [0.717, 1.165) is 46.3 Å². The van der Waals surface area contributed by atoms with Gasteiger partial charge in [0.05, 0.1) is 17.8 Å². The summed E-state index contributed by atoms with van der Waals surface area (Å²) in [5, 5.41) is 8.78. The van der Waals surface area contributed by atoms with Crippen LogP contribution in [-0.4, -0.2) is 33.6 Å². The van der Waals surface area contributed by atoms with Crippen LogP contribution in [0.2, 0.25) is 0 Å². The molecule has 7 heteroatoms. The standard InChI is InChI=1S/C24H25N5OS/c1-17-9-11-19(12-10-17)21-16-29-23(26-21)31-24(27-29)28-13-5-8-20(15-28)22(30)25-14-18-6-3-2-4-7-18/h2-4,6-7,9-12,16,20H,5,8,13-15H2,1H3,(H,25,30)/t20-/m0/s1. The summed E-state index contributed by atoms with van der Waals surface area (Å²) in [5.74, 6) is 0.105. The van der Waals surface area contributed by atoms with Gasteiger partial charge in [-0.05, 0) is 25.3 Å². The number of aromatic nitrogens is 3. The van der Waals surface area contributed by atoms with Crippen molar-refractivity contribution in [1.29, 1.82) is 0 Å². The van der Waals surface area contributed by atoms with Crippen molar-refractivity contribution >= 4 is 27.3 Å². The number of aryl methyl sites for hydroxylation is 1. The summed E-state index contributed by atoms with van der Waals surface area (Å²) in [6.45, 7) is 4.27. The topological polar surface area (TPSA) is 62.5 Å². The molecule has 0 radical (unpaired) electrons. The third-order valence-corrected chi connectivity index (χ3v) is 6.74. The summed E-state index contributed by atoms with van der Waals surface area (Å²) >= 11 is 1.58. The lowest BCUT2D eigenvalue weighted by molar-refractivity contribution is -0.125. The molecule has 5 rings (SSSR count). The molecule has 0 spiro atoms. The van der Waals surface area contributed by atoms with Crippen LogP contribution >= 0.6 is 11.3 Å². The van der Waals surface area contributed by atoms with Crippen molar-refractivity contribution in [3.8, 4) is 11.3 Å². The van der Waals surface area contributed by atoms with Crippen molar-refractivity contribution in [2.24, 2.45) is 5.92 Å². The molecule has 1 atom stereocenters. The zero-order chi connectivity index (χ0) is 21.2. The van der Waals surface area contributed by atoms with Crippen LogP contribution < -0.4 is 10.2 Å². The Bertz CT molecular complexity index is 1150. The fourth-order valence-corrected chi connectivity index (χ4v) is 4.89. The highest BCUT2D eigenvalue weighted by atomic mass is 32.1. The lowest BCUT2D eigenvalue weighted by Gasteiger charge is -2.31. The molecule has 0 saturated carbocycles. The van der Waals surface area contributed by atoms with Crippen molar-refractivity contribution in [2.75, 3.05) is 18.0 Å². The van der Waals surface area contributed by atoms with Gasteiger partial charge in [-0.2, -0.15) is 0 Å². The molecule has 31 heavy (non-hydrogen) atoms. The highest BCUT2D eigenvalue weighted by molar-refractivity contribution is 7.20. The van der Waals surface area contributed by atoms with Crippen molar-refractivity contribution in [2.45, 2.75) is 26.3 Å². The molecule has 0 unspecified atom stereocenters. The van der Waals surface area contributed by atoms with Gasteiger partial charge in [-0.25, -0.2) is 9.50 Å². The first kappa shape index (κ1) is 19.8. The lowest BCUT2D eigenvalue weighted by Crippen LogP contribution is -2.43. The van der Waals surface area contributed by atoms with Crippen molar-refractivity contribution < 1.29 is 4.79 Å². The molecule has 2 aromatic carbocycles. The summed E-state index contributed by atoms with van der Waals surface area (Å²) in [5.41, 5.74) is 4.38. The maximum absolute atomic E-state index is 12.7. The average Bonchev–Trinajstić information content (AvgIpc) is 3.38. The summed E-state index contributed by atoms with van der Waals surface area (Å²) in [7, 11) is 0. The van der Waals surface area contributed by atoms with E-state index in [1.807, 2.05) is 41.0 Å². The first-order valence-electron chi connectivity index (χ1n) is 10.7. The number of fused-ring (bicyclic) bond motifs is 1. The van der Waals surface area contributed by atoms with Crippen molar-refractivity contribution in [1.82, 2.24) is 19.9 Å². The molecule has 1 fully saturated rings. The van der Waals surface area contributed by atoms with Crippen LogP contribution in [0.15, 0.2) is 60.8 Å². The van der Waals surface area contributed by atoms with E-state index in [2.05, 4.69) is 41.4 Å². The molecule has 1 amide bonds. The number of nitrogens with zero attached hydrogens (tertiary/aromatic N) is 4. The van der Waals surface area contributed by atoms with E-state index in [-0.39, 0.29) is 11.8 Å². The van der Waals surface area contributed by atoms with Crippen LogP contribution in [-0.2, 0) is 11.3 Å². The summed E-state index contributed by atoms with van der Waals surface area (Å²) in [6, 6.07) is 18.4. The molecule has 1 aliphatic rings. The molecule has 3 heterocycles. The third kappa shape index (κ3) is 4.32. The van der Waals surface area contributed by atoms with Gasteiger partial charge in [-0.1, -0.05) is 71.5 Å². The van der Waals surface area contributed by atoms with Crippen LogP contribution in [0.25, 0.3) is 16.2 Å². The Balaban J connectivity index is 1.25. The molecule has 158 valence electrons.